The fourth-order valence-electron chi connectivity index (χ4n) is 1.55. The maximum absolute atomic E-state index is 8.55. The molecule has 0 bridgehead atoms. The van der Waals surface area contributed by atoms with Crippen molar-refractivity contribution in [2.45, 2.75) is 13.1 Å². The van der Waals surface area contributed by atoms with Crippen molar-refractivity contribution in [3.63, 3.8) is 0 Å². The van der Waals surface area contributed by atoms with E-state index in [-0.39, 0.29) is 6.54 Å². The first-order chi connectivity index (χ1) is 7.83. The molecule has 0 spiro atoms. The SMILES string of the molecule is N#CCn1cc(-c2cccc(CN)c2)cn1. The third-order valence-electron chi connectivity index (χ3n) is 2.36. The lowest BCUT2D eigenvalue weighted by molar-refractivity contribution is 0.710. The molecule has 0 aliphatic rings. The van der Waals surface area contributed by atoms with Gasteiger partial charge in [0.1, 0.15) is 6.54 Å². The van der Waals surface area contributed by atoms with Gasteiger partial charge in [-0.2, -0.15) is 10.4 Å². The van der Waals surface area contributed by atoms with Gasteiger partial charge >= 0.3 is 0 Å². The third-order valence-corrected chi connectivity index (χ3v) is 2.36. The smallest absolute Gasteiger partial charge is 0.128 e. The Morgan fingerprint density at radius 2 is 2.25 bits per heavy atom. The second kappa shape index (κ2) is 4.60. The van der Waals surface area contributed by atoms with Crippen LogP contribution in [0.25, 0.3) is 11.1 Å². The summed E-state index contributed by atoms with van der Waals surface area (Å²) in [5.41, 5.74) is 8.76. The maximum Gasteiger partial charge on any atom is 0.128 e. The molecule has 0 radical (unpaired) electrons. The predicted octanol–water partition coefficient (Wildman–Crippen LogP) is 1.53. The van der Waals surface area contributed by atoms with Crippen molar-refractivity contribution in [3.8, 4) is 17.2 Å². The summed E-state index contributed by atoms with van der Waals surface area (Å²) in [4.78, 5) is 0. The Labute approximate surface area is 93.9 Å². The van der Waals surface area contributed by atoms with Gasteiger partial charge in [0.25, 0.3) is 0 Å². The molecular weight excluding hydrogens is 200 g/mol. The molecule has 0 unspecified atom stereocenters. The minimum atomic E-state index is 0.274. The van der Waals surface area contributed by atoms with E-state index in [0.717, 1.165) is 16.7 Å². The molecule has 0 saturated carbocycles. The molecule has 0 saturated heterocycles. The van der Waals surface area contributed by atoms with E-state index in [2.05, 4.69) is 11.2 Å². The molecule has 1 heterocycles. The minimum Gasteiger partial charge on any atom is -0.326 e. The van der Waals surface area contributed by atoms with Gasteiger partial charge < -0.3 is 5.73 Å². The van der Waals surface area contributed by atoms with Gasteiger partial charge in [-0.15, -0.1) is 0 Å². The molecule has 80 valence electrons. The number of rotatable bonds is 3. The van der Waals surface area contributed by atoms with Crippen LogP contribution >= 0.6 is 0 Å². The summed E-state index contributed by atoms with van der Waals surface area (Å²) in [6.45, 7) is 0.802. The highest BCUT2D eigenvalue weighted by molar-refractivity contribution is 5.62. The second-order valence-corrected chi connectivity index (χ2v) is 3.49. The van der Waals surface area contributed by atoms with Crippen LogP contribution in [0.2, 0.25) is 0 Å². The van der Waals surface area contributed by atoms with Gasteiger partial charge in [0.15, 0.2) is 0 Å². The number of hydrogen-bond donors (Lipinski definition) is 1. The fourth-order valence-corrected chi connectivity index (χ4v) is 1.55. The maximum atomic E-state index is 8.55. The summed E-state index contributed by atoms with van der Waals surface area (Å²) in [5.74, 6) is 0. The quantitative estimate of drug-likeness (QED) is 0.839. The van der Waals surface area contributed by atoms with Gasteiger partial charge in [0, 0.05) is 18.3 Å². The lowest BCUT2D eigenvalue weighted by atomic mass is 10.1. The van der Waals surface area contributed by atoms with E-state index in [1.807, 2.05) is 30.5 Å². The summed E-state index contributed by atoms with van der Waals surface area (Å²) in [6.07, 6.45) is 3.62. The Morgan fingerprint density at radius 3 is 3.00 bits per heavy atom. The van der Waals surface area contributed by atoms with Crippen LogP contribution in [-0.4, -0.2) is 9.78 Å². The van der Waals surface area contributed by atoms with Crippen molar-refractivity contribution >= 4 is 0 Å². The molecule has 2 aromatic rings. The first kappa shape index (κ1) is 10.4. The predicted molar refractivity (Wildman–Crippen MR) is 61.2 cm³/mol. The lowest BCUT2D eigenvalue weighted by Crippen LogP contribution is -1.95. The first-order valence-electron chi connectivity index (χ1n) is 5.02. The number of aromatic nitrogens is 2. The van der Waals surface area contributed by atoms with Crippen LogP contribution in [-0.2, 0) is 13.1 Å². The number of nitrogens with two attached hydrogens (primary N) is 1. The number of hydrogen-bond acceptors (Lipinski definition) is 3. The number of benzene rings is 1. The molecule has 2 N–H and O–H groups in total. The van der Waals surface area contributed by atoms with Gasteiger partial charge in [0.2, 0.25) is 0 Å². The zero-order valence-corrected chi connectivity index (χ0v) is 8.80. The zero-order chi connectivity index (χ0) is 11.4. The molecular formula is C12H12N4. The normalized spacial score (nSPS) is 10.0. The third kappa shape index (κ3) is 2.10. The molecule has 4 nitrogen and oxygen atoms in total. The van der Waals surface area contributed by atoms with Crippen LogP contribution in [0.3, 0.4) is 0 Å². The second-order valence-electron chi connectivity index (χ2n) is 3.49. The number of nitriles is 1. The topological polar surface area (TPSA) is 67.6 Å². The van der Waals surface area contributed by atoms with E-state index >= 15 is 0 Å². The molecule has 0 fully saturated rings. The lowest BCUT2D eigenvalue weighted by Gasteiger charge is -2.00. The summed E-state index contributed by atoms with van der Waals surface area (Å²) in [7, 11) is 0. The molecule has 1 aromatic heterocycles. The van der Waals surface area contributed by atoms with Crippen molar-refractivity contribution in [2.75, 3.05) is 0 Å². The summed E-state index contributed by atoms with van der Waals surface area (Å²) >= 11 is 0. The zero-order valence-electron chi connectivity index (χ0n) is 8.80. The van der Waals surface area contributed by atoms with Crippen molar-refractivity contribution in [3.05, 3.63) is 42.2 Å². The van der Waals surface area contributed by atoms with Crippen molar-refractivity contribution in [2.24, 2.45) is 5.73 Å². The van der Waals surface area contributed by atoms with E-state index in [1.165, 1.54) is 0 Å². The highest BCUT2D eigenvalue weighted by Gasteiger charge is 2.01. The highest BCUT2D eigenvalue weighted by atomic mass is 15.3. The van der Waals surface area contributed by atoms with Gasteiger partial charge in [-0.25, -0.2) is 0 Å². The molecule has 0 aliphatic heterocycles. The number of nitrogens with zero attached hydrogens (tertiary/aromatic N) is 3. The van der Waals surface area contributed by atoms with Crippen LogP contribution < -0.4 is 5.73 Å². The molecule has 1 aromatic carbocycles. The first-order valence-corrected chi connectivity index (χ1v) is 5.02. The molecule has 2 rings (SSSR count). The van der Waals surface area contributed by atoms with Gasteiger partial charge in [-0.1, -0.05) is 18.2 Å². The van der Waals surface area contributed by atoms with Crippen LogP contribution in [0, 0.1) is 11.3 Å². The fraction of sp³-hybridized carbons (Fsp3) is 0.167. The Balaban J connectivity index is 2.31. The average molecular weight is 212 g/mol. The summed E-state index contributed by atoms with van der Waals surface area (Å²) < 4.78 is 1.62. The van der Waals surface area contributed by atoms with Crippen LogP contribution in [0.5, 0.6) is 0 Å². The van der Waals surface area contributed by atoms with E-state index in [4.69, 9.17) is 11.0 Å². The average Bonchev–Trinajstić information content (AvgIpc) is 2.78. The molecule has 0 atom stereocenters. The molecule has 16 heavy (non-hydrogen) atoms. The highest BCUT2D eigenvalue weighted by Crippen LogP contribution is 2.19. The molecule has 4 heteroatoms. The van der Waals surface area contributed by atoms with Crippen LogP contribution in [0.15, 0.2) is 36.7 Å². The van der Waals surface area contributed by atoms with E-state index in [1.54, 1.807) is 10.9 Å². The van der Waals surface area contributed by atoms with Gasteiger partial charge in [-0.05, 0) is 17.2 Å². The van der Waals surface area contributed by atoms with E-state index in [0.29, 0.717) is 6.54 Å². The van der Waals surface area contributed by atoms with Crippen molar-refractivity contribution < 1.29 is 0 Å². The minimum absolute atomic E-state index is 0.274. The summed E-state index contributed by atoms with van der Waals surface area (Å²) in [5, 5.41) is 12.7. The largest absolute Gasteiger partial charge is 0.326 e. The van der Waals surface area contributed by atoms with E-state index < -0.39 is 0 Å². The monoisotopic (exact) mass is 212 g/mol. The van der Waals surface area contributed by atoms with E-state index in [9.17, 15) is 0 Å². The van der Waals surface area contributed by atoms with Gasteiger partial charge in [-0.3, -0.25) is 4.68 Å². The molecule has 0 amide bonds. The Bertz CT molecular complexity index is 522. The van der Waals surface area contributed by atoms with Gasteiger partial charge in [0.05, 0.1) is 12.3 Å². The Kier molecular flexibility index (Phi) is 2.99. The Morgan fingerprint density at radius 1 is 1.38 bits per heavy atom. The summed E-state index contributed by atoms with van der Waals surface area (Å²) in [6, 6.07) is 10.1. The van der Waals surface area contributed by atoms with Crippen LogP contribution in [0.1, 0.15) is 5.56 Å². The van der Waals surface area contributed by atoms with Crippen molar-refractivity contribution in [1.29, 1.82) is 5.26 Å². The Hall–Kier alpha value is -2.12. The standard InChI is InChI=1S/C12H12N4/c13-4-5-16-9-12(8-15-16)11-3-1-2-10(6-11)7-14/h1-3,6,8-9H,5,7,14H2. The van der Waals surface area contributed by atoms with Crippen molar-refractivity contribution in [1.82, 2.24) is 9.78 Å². The van der Waals surface area contributed by atoms with Crippen LogP contribution in [0.4, 0.5) is 0 Å². The molecule has 0 aliphatic carbocycles.